The van der Waals surface area contributed by atoms with Crippen LogP contribution >= 0.6 is 27.5 Å². The second-order valence-corrected chi connectivity index (χ2v) is 5.06. The second kappa shape index (κ2) is 6.49. The predicted molar refractivity (Wildman–Crippen MR) is 80.1 cm³/mol. The Morgan fingerprint density at radius 1 is 1.50 bits per heavy atom. The molecule has 0 atom stereocenters. The molecule has 0 fully saturated rings. The molecule has 0 aliphatic heterocycles. The number of aromatic nitrogens is 1. The van der Waals surface area contributed by atoms with Crippen LogP contribution in [0.15, 0.2) is 46.2 Å². The Balaban J connectivity index is 2.10. The third-order valence-corrected chi connectivity index (χ3v) is 3.17. The molecule has 102 valence electrons. The van der Waals surface area contributed by atoms with E-state index >= 15 is 0 Å². The van der Waals surface area contributed by atoms with Gasteiger partial charge in [0.1, 0.15) is 5.75 Å². The normalized spacial score (nSPS) is 10.7. The van der Waals surface area contributed by atoms with Crippen molar-refractivity contribution in [2.24, 2.45) is 5.10 Å². The first kappa shape index (κ1) is 14.5. The molecule has 1 aromatic carbocycles. The molecule has 2 aromatic rings. The molecule has 0 saturated heterocycles. The van der Waals surface area contributed by atoms with Crippen LogP contribution in [0.3, 0.4) is 0 Å². The van der Waals surface area contributed by atoms with Crippen LogP contribution in [0.1, 0.15) is 15.9 Å². The maximum absolute atomic E-state index is 11.7. The summed E-state index contributed by atoms with van der Waals surface area (Å²) >= 11 is 9.02. The van der Waals surface area contributed by atoms with Crippen molar-refractivity contribution in [3.8, 4) is 5.75 Å². The van der Waals surface area contributed by atoms with Crippen LogP contribution in [0.2, 0.25) is 5.02 Å². The monoisotopic (exact) mass is 353 g/mol. The van der Waals surface area contributed by atoms with Crippen LogP contribution in [-0.4, -0.2) is 22.2 Å². The van der Waals surface area contributed by atoms with Crippen molar-refractivity contribution >= 4 is 39.7 Å². The highest BCUT2D eigenvalue weighted by Crippen LogP contribution is 2.30. The van der Waals surface area contributed by atoms with E-state index in [2.05, 4.69) is 31.4 Å². The van der Waals surface area contributed by atoms with E-state index in [1.54, 1.807) is 24.4 Å². The highest BCUT2D eigenvalue weighted by atomic mass is 79.9. The number of hydrogen-bond acceptors (Lipinski definition) is 4. The maximum atomic E-state index is 11.7. The van der Waals surface area contributed by atoms with Gasteiger partial charge in [-0.3, -0.25) is 9.78 Å². The van der Waals surface area contributed by atoms with Gasteiger partial charge in [0.2, 0.25) is 0 Å². The van der Waals surface area contributed by atoms with E-state index in [4.69, 9.17) is 11.6 Å². The van der Waals surface area contributed by atoms with Gasteiger partial charge in [-0.2, -0.15) is 5.10 Å². The Labute approximate surface area is 128 Å². The fourth-order valence-electron chi connectivity index (χ4n) is 1.41. The number of nitrogens with zero attached hydrogens (tertiary/aromatic N) is 2. The van der Waals surface area contributed by atoms with Gasteiger partial charge in [-0.05, 0) is 40.2 Å². The topological polar surface area (TPSA) is 74.6 Å². The molecule has 0 aliphatic rings. The highest BCUT2D eigenvalue weighted by Gasteiger charge is 2.06. The van der Waals surface area contributed by atoms with Gasteiger partial charge in [0.15, 0.2) is 0 Å². The fraction of sp³-hybridized carbons (Fsp3) is 0. The molecule has 0 aliphatic carbocycles. The Kier molecular flexibility index (Phi) is 4.70. The fourth-order valence-corrected chi connectivity index (χ4v) is 2.24. The maximum Gasteiger partial charge on any atom is 0.272 e. The van der Waals surface area contributed by atoms with Gasteiger partial charge in [-0.1, -0.05) is 11.6 Å². The first-order chi connectivity index (χ1) is 9.58. The number of benzene rings is 1. The lowest BCUT2D eigenvalue weighted by Crippen LogP contribution is -2.17. The molecule has 1 aromatic heterocycles. The summed E-state index contributed by atoms with van der Waals surface area (Å²) in [5.74, 6) is -0.399. The summed E-state index contributed by atoms with van der Waals surface area (Å²) in [5, 5.41) is 14.0. The van der Waals surface area contributed by atoms with Gasteiger partial charge in [0.25, 0.3) is 5.91 Å². The van der Waals surface area contributed by atoms with Crippen molar-refractivity contribution in [1.29, 1.82) is 0 Å². The summed E-state index contributed by atoms with van der Waals surface area (Å²) in [7, 11) is 0. The number of pyridine rings is 1. The quantitative estimate of drug-likeness (QED) is 0.657. The molecule has 7 heteroatoms. The molecule has 0 saturated carbocycles. The van der Waals surface area contributed by atoms with Gasteiger partial charge >= 0.3 is 0 Å². The number of rotatable bonds is 3. The number of hydrogen-bond donors (Lipinski definition) is 2. The van der Waals surface area contributed by atoms with Gasteiger partial charge < -0.3 is 5.11 Å². The van der Waals surface area contributed by atoms with Crippen LogP contribution in [0.25, 0.3) is 0 Å². The second-order valence-electron chi connectivity index (χ2n) is 3.77. The molecule has 2 rings (SSSR count). The number of nitrogens with one attached hydrogen (secondary N) is 1. The SMILES string of the molecule is O=C(N/N=C/c1cc(Cl)cc(Br)c1O)c1cccnc1. The number of halogens is 2. The Bertz CT molecular complexity index is 662. The number of phenols is 1. The van der Waals surface area contributed by atoms with E-state index in [1.165, 1.54) is 18.5 Å². The van der Waals surface area contributed by atoms with Gasteiger partial charge in [-0.15, -0.1) is 0 Å². The average Bonchev–Trinajstić information content (AvgIpc) is 2.44. The summed E-state index contributed by atoms with van der Waals surface area (Å²) in [6.07, 6.45) is 4.31. The van der Waals surface area contributed by atoms with Crippen LogP contribution in [0.4, 0.5) is 0 Å². The Morgan fingerprint density at radius 2 is 2.30 bits per heavy atom. The van der Waals surface area contributed by atoms with Crippen LogP contribution < -0.4 is 5.43 Å². The largest absolute Gasteiger partial charge is 0.506 e. The van der Waals surface area contributed by atoms with Crippen LogP contribution in [0.5, 0.6) is 5.75 Å². The number of aromatic hydroxyl groups is 1. The summed E-state index contributed by atoms with van der Waals surface area (Å²) in [6, 6.07) is 6.35. The van der Waals surface area contributed by atoms with E-state index in [1.807, 2.05) is 0 Å². The molecule has 1 amide bonds. The molecule has 1 heterocycles. The third kappa shape index (κ3) is 3.55. The van der Waals surface area contributed by atoms with Crippen molar-refractivity contribution in [3.05, 3.63) is 57.3 Å². The van der Waals surface area contributed by atoms with Gasteiger partial charge in [0, 0.05) is 23.0 Å². The van der Waals surface area contributed by atoms with E-state index in [-0.39, 0.29) is 5.75 Å². The van der Waals surface area contributed by atoms with E-state index in [0.29, 0.717) is 20.6 Å². The standard InChI is InChI=1S/C13H9BrClN3O2/c14-11-5-10(15)4-9(12(11)19)7-17-18-13(20)8-2-1-3-16-6-8/h1-7,19H,(H,18,20)/b17-7+. The van der Waals surface area contributed by atoms with E-state index in [9.17, 15) is 9.90 Å². The first-order valence-corrected chi connectivity index (χ1v) is 6.66. The van der Waals surface area contributed by atoms with Gasteiger partial charge in [0.05, 0.1) is 16.3 Å². The average molecular weight is 355 g/mol. The number of amides is 1. The number of phenolic OH excluding ortho intramolecular Hbond substituents is 1. The molecule has 0 unspecified atom stereocenters. The number of hydrazone groups is 1. The third-order valence-electron chi connectivity index (χ3n) is 2.35. The smallest absolute Gasteiger partial charge is 0.272 e. The highest BCUT2D eigenvalue weighted by molar-refractivity contribution is 9.10. The van der Waals surface area contributed by atoms with E-state index < -0.39 is 5.91 Å². The first-order valence-electron chi connectivity index (χ1n) is 5.49. The summed E-state index contributed by atoms with van der Waals surface area (Å²) < 4.78 is 0.449. The zero-order chi connectivity index (χ0) is 14.5. The molecule has 20 heavy (non-hydrogen) atoms. The number of carbonyl (C=O) groups excluding carboxylic acids is 1. The zero-order valence-electron chi connectivity index (χ0n) is 10.0. The summed E-state index contributed by atoms with van der Waals surface area (Å²) in [4.78, 5) is 15.5. The molecular formula is C13H9BrClN3O2. The molecular weight excluding hydrogens is 346 g/mol. The zero-order valence-corrected chi connectivity index (χ0v) is 12.4. The van der Waals surface area contributed by atoms with Crippen molar-refractivity contribution in [1.82, 2.24) is 10.4 Å². The Hall–Kier alpha value is -1.92. The van der Waals surface area contributed by atoms with Crippen molar-refractivity contribution < 1.29 is 9.90 Å². The molecule has 5 nitrogen and oxygen atoms in total. The van der Waals surface area contributed by atoms with Crippen LogP contribution in [-0.2, 0) is 0 Å². The number of carbonyl (C=O) groups is 1. The lowest BCUT2D eigenvalue weighted by atomic mass is 10.2. The van der Waals surface area contributed by atoms with Crippen molar-refractivity contribution in [2.45, 2.75) is 0 Å². The lowest BCUT2D eigenvalue weighted by molar-refractivity contribution is 0.0954. The minimum Gasteiger partial charge on any atom is -0.506 e. The molecule has 0 radical (unpaired) electrons. The van der Waals surface area contributed by atoms with Crippen molar-refractivity contribution in [2.75, 3.05) is 0 Å². The van der Waals surface area contributed by atoms with Crippen LogP contribution in [0, 0.1) is 0 Å². The Morgan fingerprint density at radius 3 is 3.00 bits per heavy atom. The molecule has 2 N–H and O–H groups in total. The summed E-state index contributed by atoms with van der Waals surface area (Å²) in [6.45, 7) is 0. The minimum atomic E-state index is -0.394. The molecule has 0 bridgehead atoms. The minimum absolute atomic E-state index is 0.00576. The predicted octanol–water partition coefficient (Wildman–Crippen LogP) is 2.97. The lowest BCUT2D eigenvalue weighted by Gasteiger charge is -2.03. The van der Waals surface area contributed by atoms with Gasteiger partial charge in [-0.25, -0.2) is 5.43 Å². The summed E-state index contributed by atoms with van der Waals surface area (Å²) in [5.41, 5.74) is 3.11. The van der Waals surface area contributed by atoms with Crippen molar-refractivity contribution in [3.63, 3.8) is 0 Å². The molecule has 0 spiro atoms. The van der Waals surface area contributed by atoms with E-state index in [0.717, 1.165) is 0 Å².